The maximum atomic E-state index is 14.2. The monoisotopic (exact) mass is 555 g/mol. The Morgan fingerprint density at radius 2 is 1.97 bits per heavy atom. The molecule has 0 bridgehead atoms. The van der Waals surface area contributed by atoms with Crippen LogP contribution in [-0.2, 0) is 15.6 Å². The molecule has 2 N–H and O–H groups in total. The summed E-state index contributed by atoms with van der Waals surface area (Å²) in [5.74, 6) is -0.844. The van der Waals surface area contributed by atoms with Gasteiger partial charge in [-0.25, -0.2) is 12.7 Å². The SMILES string of the molecule is CC/C(C#N)=C\C=C(/C)[C@@]12Oc3cc(Cl)cnc3[C@]1(O)[C@H](O)[C@H](S(=O)(=O)N1CCCC1)[C@H]2c1ccccc1. The number of pyridine rings is 1. The maximum absolute atomic E-state index is 14.2. The minimum atomic E-state index is -4.09. The number of nitriles is 1. The van der Waals surface area contributed by atoms with Crippen molar-refractivity contribution in [1.29, 1.82) is 5.26 Å². The topological polar surface area (TPSA) is 124 Å². The summed E-state index contributed by atoms with van der Waals surface area (Å²) >= 11 is 6.22. The molecule has 0 unspecified atom stereocenters. The van der Waals surface area contributed by atoms with E-state index < -0.39 is 38.5 Å². The summed E-state index contributed by atoms with van der Waals surface area (Å²) in [6.07, 6.45) is 4.81. The van der Waals surface area contributed by atoms with E-state index in [1.165, 1.54) is 16.6 Å². The molecule has 2 aliphatic heterocycles. The summed E-state index contributed by atoms with van der Waals surface area (Å²) in [5.41, 5.74) is -2.42. The number of allylic oxidation sites excluding steroid dienone is 3. The summed E-state index contributed by atoms with van der Waals surface area (Å²) in [7, 11) is -4.09. The van der Waals surface area contributed by atoms with Crippen molar-refractivity contribution in [2.45, 2.75) is 61.6 Å². The molecule has 0 radical (unpaired) electrons. The van der Waals surface area contributed by atoms with Crippen LogP contribution in [0.25, 0.3) is 0 Å². The Bertz CT molecular complexity index is 1450. The Labute approximate surface area is 227 Å². The molecule has 1 aromatic carbocycles. The Balaban J connectivity index is 1.83. The van der Waals surface area contributed by atoms with Crippen molar-refractivity contribution >= 4 is 21.6 Å². The lowest BCUT2D eigenvalue weighted by molar-refractivity contribution is -0.129. The van der Waals surface area contributed by atoms with E-state index in [1.807, 2.05) is 13.0 Å². The minimum Gasteiger partial charge on any atom is -0.477 e. The third kappa shape index (κ3) is 3.74. The first-order chi connectivity index (χ1) is 18.1. The molecule has 2 aromatic rings. The molecule has 3 aliphatic rings. The van der Waals surface area contributed by atoms with Crippen molar-refractivity contribution in [2.24, 2.45) is 0 Å². The van der Waals surface area contributed by atoms with Crippen molar-refractivity contribution in [1.82, 2.24) is 9.29 Å². The number of aliphatic hydroxyl groups is 2. The van der Waals surface area contributed by atoms with Crippen molar-refractivity contribution in [3.05, 3.63) is 82.2 Å². The first-order valence-corrected chi connectivity index (χ1v) is 14.6. The molecular weight excluding hydrogens is 526 g/mol. The number of fused-ring (bicyclic) bond motifs is 3. The Hall–Kier alpha value is -2.74. The number of rotatable bonds is 6. The number of sulfonamides is 1. The highest BCUT2D eigenvalue weighted by Crippen LogP contribution is 2.65. The number of halogens is 1. The quantitative estimate of drug-likeness (QED) is 0.410. The zero-order valence-electron chi connectivity index (χ0n) is 21.2. The van der Waals surface area contributed by atoms with Crippen LogP contribution >= 0.6 is 11.6 Å². The average Bonchev–Trinajstić information content (AvgIpc) is 3.58. The number of aromatic nitrogens is 1. The van der Waals surface area contributed by atoms with Gasteiger partial charge in [0.25, 0.3) is 0 Å². The normalized spacial score (nSPS) is 31.5. The van der Waals surface area contributed by atoms with Crippen LogP contribution in [0.2, 0.25) is 5.02 Å². The number of aliphatic hydroxyl groups excluding tert-OH is 1. The maximum Gasteiger partial charge on any atom is 0.220 e. The standard InChI is InChI=1S/C28H30ClN3O5S/c1-3-19(16-30)12-11-18(2)28-23(20-9-5-4-6-10-20)24(38(35,36)32-13-7-8-14-32)26(33)27(28,34)25-22(37-28)15-21(29)17-31-25/h4-6,9-12,15,17,23-24,26,33-34H,3,7-8,13-14H2,1-2H3/b18-11+,19-12+/t23-,24-,26-,27+,28+/m1/s1. The van der Waals surface area contributed by atoms with Crippen LogP contribution in [0.5, 0.6) is 5.75 Å². The molecule has 38 heavy (non-hydrogen) atoms. The molecule has 0 amide bonds. The molecule has 2 fully saturated rings. The lowest BCUT2D eigenvalue weighted by Crippen LogP contribution is -2.55. The zero-order valence-corrected chi connectivity index (χ0v) is 22.8. The van der Waals surface area contributed by atoms with Gasteiger partial charge < -0.3 is 14.9 Å². The van der Waals surface area contributed by atoms with Gasteiger partial charge in [0.15, 0.2) is 11.2 Å². The van der Waals surface area contributed by atoms with Gasteiger partial charge in [-0.2, -0.15) is 5.26 Å². The first kappa shape index (κ1) is 26.9. The number of benzene rings is 1. The molecule has 5 rings (SSSR count). The van der Waals surface area contributed by atoms with Gasteiger partial charge in [-0.1, -0.05) is 54.9 Å². The predicted molar refractivity (Wildman–Crippen MR) is 143 cm³/mol. The number of nitrogens with zero attached hydrogens (tertiary/aromatic N) is 3. The predicted octanol–water partition coefficient (Wildman–Crippen LogP) is 3.81. The molecule has 1 saturated heterocycles. The van der Waals surface area contributed by atoms with Crippen LogP contribution < -0.4 is 4.74 Å². The van der Waals surface area contributed by atoms with E-state index in [0.29, 0.717) is 36.2 Å². The molecule has 5 atom stereocenters. The van der Waals surface area contributed by atoms with Crippen molar-refractivity contribution in [3.63, 3.8) is 0 Å². The van der Waals surface area contributed by atoms with Gasteiger partial charge in [0.05, 0.1) is 17.0 Å². The third-order valence-electron chi connectivity index (χ3n) is 8.10. The summed E-state index contributed by atoms with van der Waals surface area (Å²) in [6.45, 7) is 4.27. The lowest BCUT2D eigenvalue weighted by atomic mass is 9.72. The van der Waals surface area contributed by atoms with Gasteiger partial charge in [0.2, 0.25) is 10.0 Å². The summed E-state index contributed by atoms with van der Waals surface area (Å²) < 4.78 is 36.3. The second-order valence-electron chi connectivity index (χ2n) is 10.1. The van der Waals surface area contributed by atoms with Gasteiger partial charge >= 0.3 is 0 Å². The van der Waals surface area contributed by atoms with E-state index in [-0.39, 0.29) is 16.5 Å². The van der Waals surface area contributed by atoms with E-state index >= 15 is 0 Å². The van der Waals surface area contributed by atoms with Crippen LogP contribution in [0.1, 0.15) is 50.3 Å². The molecule has 200 valence electrons. The lowest BCUT2D eigenvalue weighted by Gasteiger charge is -2.40. The Kier molecular flexibility index (Phi) is 6.91. The van der Waals surface area contributed by atoms with Crippen LogP contribution in [0.3, 0.4) is 0 Å². The zero-order chi connectivity index (χ0) is 27.3. The number of hydrogen-bond acceptors (Lipinski definition) is 7. The van der Waals surface area contributed by atoms with E-state index in [9.17, 15) is 23.9 Å². The van der Waals surface area contributed by atoms with E-state index in [0.717, 1.165) is 12.8 Å². The summed E-state index contributed by atoms with van der Waals surface area (Å²) in [4.78, 5) is 4.35. The fraction of sp³-hybridized carbons (Fsp3) is 0.429. The highest BCUT2D eigenvalue weighted by atomic mass is 35.5. The van der Waals surface area contributed by atoms with Gasteiger partial charge in [0, 0.05) is 30.9 Å². The average molecular weight is 556 g/mol. The minimum absolute atomic E-state index is 0.0298. The molecule has 10 heteroatoms. The van der Waals surface area contributed by atoms with Gasteiger partial charge in [0.1, 0.15) is 22.8 Å². The Morgan fingerprint density at radius 1 is 1.29 bits per heavy atom. The van der Waals surface area contributed by atoms with Crippen LogP contribution in [0.4, 0.5) is 0 Å². The highest BCUT2D eigenvalue weighted by molar-refractivity contribution is 7.89. The number of hydrogen-bond donors (Lipinski definition) is 2. The molecule has 1 aliphatic carbocycles. The first-order valence-electron chi connectivity index (χ1n) is 12.7. The fourth-order valence-corrected chi connectivity index (χ4v) is 8.74. The van der Waals surface area contributed by atoms with Crippen molar-refractivity contribution in [2.75, 3.05) is 13.1 Å². The van der Waals surface area contributed by atoms with E-state index in [2.05, 4.69) is 11.1 Å². The van der Waals surface area contributed by atoms with Gasteiger partial charge in [-0.3, -0.25) is 4.98 Å². The third-order valence-corrected chi connectivity index (χ3v) is 10.6. The van der Waals surface area contributed by atoms with Gasteiger partial charge in [-0.05, 0) is 43.4 Å². The van der Waals surface area contributed by atoms with Crippen LogP contribution in [0.15, 0.2) is 65.9 Å². The van der Waals surface area contributed by atoms with Crippen molar-refractivity contribution < 1.29 is 23.4 Å². The second kappa shape index (κ2) is 9.78. The smallest absolute Gasteiger partial charge is 0.220 e. The van der Waals surface area contributed by atoms with Gasteiger partial charge in [-0.15, -0.1) is 0 Å². The molecule has 0 spiro atoms. The highest BCUT2D eigenvalue weighted by Gasteiger charge is 2.79. The summed E-state index contributed by atoms with van der Waals surface area (Å²) in [6, 6.07) is 12.6. The number of ether oxygens (including phenoxy) is 1. The fourth-order valence-electron chi connectivity index (χ4n) is 6.27. The van der Waals surface area contributed by atoms with Crippen LogP contribution in [-0.4, -0.2) is 58.0 Å². The van der Waals surface area contributed by atoms with E-state index in [4.69, 9.17) is 16.3 Å². The van der Waals surface area contributed by atoms with Crippen LogP contribution in [0, 0.1) is 11.3 Å². The largest absolute Gasteiger partial charge is 0.477 e. The summed E-state index contributed by atoms with van der Waals surface area (Å²) in [5, 5.41) is 32.8. The molecule has 8 nitrogen and oxygen atoms in total. The van der Waals surface area contributed by atoms with Crippen molar-refractivity contribution in [3.8, 4) is 11.8 Å². The van der Waals surface area contributed by atoms with E-state index in [1.54, 1.807) is 43.3 Å². The Morgan fingerprint density at radius 3 is 2.61 bits per heavy atom. The molecule has 1 saturated carbocycles. The second-order valence-corrected chi connectivity index (χ2v) is 12.6. The molecule has 1 aromatic heterocycles. The molecular formula is C28H30ClN3O5S. The molecule has 3 heterocycles.